The second-order valence-electron chi connectivity index (χ2n) is 4.93. The lowest BCUT2D eigenvalue weighted by Gasteiger charge is -2.22. The topological polar surface area (TPSA) is 9.72 Å². The third kappa shape index (κ3) is 3.06. The lowest BCUT2D eigenvalue weighted by Crippen LogP contribution is -2.34. The highest BCUT2D eigenvalue weighted by Crippen LogP contribution is 2.44. The highest BCUT2D eigenvalue weighted by Gasteiger charge is 2.58. The quantitative estimate of drug-likeness (QED) is 0.625. The lowest BCUT2D eigenvalue weighted by atomic mass is 10.4. The molecule has 0 aromatic carbocycles. The molecule has 1 fully saturated rings. The van der Waals surface area contributed by atoms with Crippen LogP contribution in [0.4, 0.5) is 0 Å². The molecule has 1 radical (unpaired) electrons. The van der Waals surface area contributed by atoms with E-state index in [0.717, 1.165) is 39.3 Å². The van der Waals surface area contributed by atoms with E-state index in [2.05, 4.69) is 56.2 Å². The molecule has 0 amide bonds. The van der Waals surface area contributed by atoms with Crippen molar-refractivity contribution in [1.82, 2.24) is 14.7 Å². The first kappa shape index (κ1) is 15.9. The summed E-state index contributed by atoms with van der Waals surface area (Å²) in [5, 5.41) is 0. The summed E-state index contributed by atoms with van der Waals surface area (Å²) in [7, 11) is 0. The third-order valence-electron chi connectivity index (χ3n) is 4.34. The van der Waals surface area contributed by atoms with Crippen LogP contribution in [-0.2, 0) is 0 Å². The molecule has 0 aromatic heterocycles. The molecule has 107 valence electrons. The fourth-order valence-corrected chi connectivity index (χ4v) is 3.19. The van der Waals surface area contributed by atoms with Crippen molar-refractivity contribution in [2.24, 2.45) is 0 Å². The number of hydrogen-bond acceptors (Lipinski definition) is 3. The van der Waals surface area contributed by atoms with E-state index in [-0.39, 0.29) is 0 Å². The molecule has 2 unspecified atom stereocenters. The Labute approximate surface area is 114 Å². The predicted octanol–water partition coefficient (Wildman–Crippen LogP) is 2.29. The molecule has 0 aliphatic heterocycles. The van der Waals surface area contributed by atoms with E-state index < -0.39 is 0 Å². The van der Waals surface area contributed by atoms with Crippen LogP contribution in [-0.4, -0.2) is 66.1 Å². The van der Waals surface area contributed by atoms with E-state index in [0.29, 0.717) is 12.1 Å². The fourth-order valence-electron chi connectivity index (χ4n) is 3.19. The van der Waals surface area contributed by atoms with Crippen molar-refractivity contribution in [3.63, 3.8) is 0 Å². The first-order valence-corrected chi connectivity index (χ1v) is 7.79. The van der Waals surface area contributed by atoms with E-state index >= 15 is 0 Å². The van der Waals surface area contributed by atoms with Crippen molar-refractivity contribution in [1.29, 1.82) is 0 Å². The zero-order chi connectivity index (χ0) is 13.7. The SMILES string of the molecule is CCN(CC)[C]1C(N(CC)CC)C1N(CC)CC. The molecule has 3 heteroatoms. The molecule has 0 spiro atoms. The minimum atomic E-state index is 0.666. The Balaban J connectivity index is 2.78. The van der Waals surface area contributed by atoms with Gasteiger partial charge in [0, 0.05) is 12.1 Å². The van der Waals surface area contributed by atoms with Gasteiger partial charge in [-0.15, -0.1) is 0 Å². The van der Waals surface area contributed by atoms with Crippen molar-refractivity contribution in [2.75, 3.05) is 39.3 Å². The maximum Gasteiger partial charge on any atom is 0.0770 e. The molecule has 1 rings (SSSR count). The van der Waals surface area contributed by atoms with Gasteiger partial charge in [-0.25, -0.2) is 0 Å². The predicted molar refractivity (Wildman–Crippen MR) is 79.6 cm³/mol. The summed E-state index contributed by atoms with van der Waals surface area (Å²) in [4.78, 5) is 7.78. The van der Waals surface area contributed by atoms with Crippen LogP contribution in [0, 0.1) is 6.04 Å². The summed E-state index contributed by atoms with van der Waals surface area (Å²) in [5.74, 6) is 0. The summed E-state index contributed by atoms with van der Waals surface area (Å²) in [5.41, 5.74) is 0. The summed E-state index contributed by atoms with van der Waals surface area (Å²) >= 11 is 0. The zero-order valence-corrected chi connectivity index (χ0v) is 13.2. The van der Waals surface area contributed by atoms with Gasteiger partial charge in [0.2, 0.25) is 0 Å². The minimum absolute atomic E-state index is 0.666. The Morgan fingerprint density at radius 1 is 0.611 bits per heavy atom. The highest BCUT2D eigenvalue weighted by atomic mass is 15.4. The standard InChI is InChI=1S/C15H32N3/c1-7-16(8-2)13-14(17(9-3)10-4)15(13)18(11-5)12-6/h13-14H,7-12H2,1-6H3. The maximum atomic E-state index is 2.61. The van der Waals surface area contributed by atoms with Crippen LogP contribution in [0.15, 0.2) is 0 Å². The number of nitrogens with zero attached hydrogens (tertiary/aromatic N) is 3. The van der Waals surface area contributed by atoms with Crippen molar-refractivity contribution < 1.29 is 0 Å². The van der Waals surface area contributed by atoms with Crippen molar-refractivity contribution >= 4 is 0 Å². The monoisotopic (exact) mass is 254 g/mol. The van der Waals surface area contributed by atoms with E-state index in [1.165, 1.54) is 0 Å². The van der Waals surface area contributed by atoms with Gasteiger partial charge in [0.25, 0.3) is 0 Å². The molecule has 3 nitrogen and oxygen atoms in total. The highest BCUT2D eigenvalue weighted by molar-refractivity contribution is 5.32. The summed E-state index contributed by atoms with van der Waals surface area (Å²) in [6.45, 7) is 20.6. The number of hydrogen-bond donors (Lipinski definition) is 0. The van der Waals surface area contributed by atoms with Gasteiger partial charge in [0.05, 0.1) is 6.04 Å². The number of likely N-dealkylation sites (N-methyl/N-ethyl adjacent to an activating group) is 3. The first-order chi connectivity index (χ1) is 8.69. The first-order valence-electron chi connectivity index (χ1n) is 7.79. The van der Waals surface area contributed by atoms with Crippen LogP contribution >= 0.6 is 0 Å². The van der Waals surface area contributed by atoms with Gasteiger partial charge >= 0.3 is 0 Å². The van der Waals surface area contributed by atoms with Crippen LogP contribution in [0.25, 0.3) is 0 Å². The molecule has 1 aliphatic rings. The molecule has 0 heterocycles. The van der Waals surface area contributed by atoms with E-state index in [1.807, 2.05) is 0 Å². The Morgan fingerprint density at radius 2 is 0.944 bits per heavy atom. The van der Waals surface area contributed by atoms with Crippen molar-refractivity contribution in [2.45, 2.75) is 53.6 Å². The van der Waals surface area contributed by atoms with Crippen LogP contribution < -0.4 is 0 Å². The molecule has 18 heavy (non-hydrogen) atoms. The minimum Gasteiger partial charge on any atom is -0.297 e. The Morgan fingerprint density at radius 3 is 1.17 bits per heavy atom. The van der Waals surface area contributed by atoms with Gasteiger partial charge in [0.1, 0.15) is 0 Å². The molecular weight excluding hydrogens is 222 g/mol. The normalized spacial score (nSPS) is 24.5. The van der Waals surface area contributed by atoms with Gasteiger partial charge in [-0.05, 0) is 39.3 Å². The second-order valence-corrected chi connectivity index (χ2v) is 4.93. The number of rotatable bonds is 9. The maximum absolute atomic E-state index is 2.61. The molecule has 1 aliphatic carbocycles. The van der Waals surface area contributed by atoms with Gasteiger partial charge in [-0.3, -0.25) is 14.7 Å². The Bertz CT molecular complexity index is 176. The van der Waals surface area contributed by atoms with Crippen LogP contribution in [0.3, 0.4) is 0 Å². The fraction of sp³-hybridized carbons (Fsp3) is 0.933. The Hall–Kier alpha value is -0.120. The molecule has 0 saturated heterocycles. The summed E-state index contributed by atoms with van der Waals surface area (Å²) in [6, 6.07) is 2.99. The molecule has 0 bridgehead atoms. The Kier molecular flexibility index (Phi) is 6.61. The van der Waals surface area contributed by atoms with Crippen LogP contribution in [0.5, 0.6) is 0 Å². The van der Waals surface area contributed by atoms with E-state index in [1.54, 1.807) is 6.04 Å². The van der Waals surface area contributed by atoms with Crippen LogP contribution in [0.2, 0.25) is 0 Å². The van der Waals surface area contributed by atoms with Gasteiger partial charge < -0.3 is 0 Å². The van der Waals surface area contributed by atoms with Crippen molar-refractivity contribution in [3.8, 4) is 0 Å². The average Bonchev–Trinajstić information content (AvgIpc) is 3.10. The summed E-state index contributed by atoms with van der Waals surface area (Å²) < 4.78 is 0. The van der Waals surface area contributed by atoms with E-state index in [4.69, 9.17) is 0 Å². The molecule has 0 aromatic rings. The molecule has 1 saturated carbocycles. The van der Waals surface area contributed by atoms with Gasteiger partial charge in [-0.1, -0.05) is 41.5 Å². The molecular formula is C15H32N3. The third-order valence-corrected chi connectivity index (χ3v) is 4.34. The average molecular weight is 254 g/mol. The van der Waals surface area contributed by atoms with Crippen LogP contribution in [0.1, 0.15) is 41.5 Å². The molecule has 2 atom stereocenters. The summed E-state index contributed by atoms with van der Waals surface area (Å²) in [6.07, 6.45) is 0. The second kappa shape index (κ2) is 7.46. The molecule has 0 N–H and O–H groups in total. The van der Waals surface area contributed by atoms with Gasteiger partial charge in [-0.2, -0.15) is 0 Å². The zero-order valence-electron chi connectivity index (χ0n) is 13.2. The largest absolute Gasteiger partial charge is 0.297 e. The van der Waals surface area contributed by atoms with Gasteiger partial charge in [0.15, 0.2) is 0 Å². The van der Waals surface area contributed by atoms with E-state index in [9.17, 15) is 0 Å². The van der Waals surface area contributed by atoms with Crippen molar-refractivity contribution in [3.05, 3.63) is 6.04 Å². The lowest BCUT2D eigenvalue weighted by molar-refractivity contribution is 0.222. The smallest absolute Gasteiger partial charge is 0.0770 e.